The lowest BCUT2D eigenvalue weighted by molar-refractivity contribution is 0.310. The average molecular weight is 311 g/mol. The van der Waals surface area contributed by atoms with Gasteiger partial charge in [-0.3, -0.25) is 0 Å². The topological polar surface area (TPSA) is 61.8 Å². The van der Waals surface area contributed by atoms with E-state index in [1.54, 1.807) is 7.11 Å². The first-order chi connectivity index (χ1) is 11.1. The van der Waals surface area contributed by atoms with Gasteiger partial charge in [0.05, 0.1) is 25.1 Å². The van der Waals surface area contributed by atoms with Crippen LogP contribution in [0, 0.1) is 6.92 Å². The van der Waals surface area contributed by atoms with Crippen LogP contribution in [0.3, 0.4) is 0 Å². The second-order valence-electron chi connectivity index (χ2n) is 5.53. The number of ether oxygens (including phenoxy) is 2. The lowest BCUT2D eigenvalue weighted by atomic mass is 10.1. The number of hydrogen-bond donors (Lipinski definition) is 1. The third-order valence-electron chi connectivity index (χ3n) is 3.68. The molecule has 0 atom stereocenters. The number of aromatic nitrogens is 2. The van der Waals surface area contributed by atoms with E-state index in [-0.39, 0.29) is 0 Å². The highest BCUT2D eigenvalue weighted by Gasteiger charge is 2.09. The third-order valence-corrected chi connectivity index (χ3v) is 3.68. The number of aryl methyl sites for hydroxylation is 1. The molecule has 0 saturated carbocycles. The van der Waals surface area contributed by atoms with Crippen LogP contribution >= 0.6 is 0 Å². The van der Waals surface area contributed by atoms with Crippen LogP contribution in [0.5, 0.6) is 11.5 Å². The molecule has 5 nitrogen and oxygen atoms in total. The molecule has 0 aliphatic carbocycles. The summed E-state index contributed by atoms with van der Waals surface area (Å²) in [5.74, 6) is 1.50. The van der Waals surface area contributed by atoms with Gasteiger partial charge < -0.3 is 19.6 Å². The fraction of sp³-hybridized carbons (Fsp3) is 0.278. The van der Waals surface area contributed by atoms with Crippen LogP contribution in [-0.2, 0) is 6.42 Å². The van der Waals surface area contributed by atoms with E-state index in [2.05, 4.69) is 4.98 Å². The molecule has 0 spiro atoms. The number of nitrogens with zero attached hydrogens (tertiary/aromatic N) is 2. The van der Waals surface area contributed by atoms with Gasteiger partial charge in [-0.1, -0.05) is 6.07 Å². The molecule has 120 valence electrons. The number of fused-ring (bicyclic) bond motifs is 1. The lowest BCUT2D eigenvalue weighted by Crippen LogP contribution is -1.97. The molecule has 2 heterocycles. The van der Waals surface area contributed by atoms with E-state index in [0.717, 1.165) is 34.0 Å². The minimum absolute atomic E-state index is 0.612. The molecule has 0 saturated heterocycles. The average Bonchev–Trinajstić information content (AvgIpc) is 2.91. The van der Waals surface area contributed by atoms with E-state index in [0.29, 0.717) is 18.7 Å². The lowest BCUT2D eigenvalue weighted by Gasteiger charge is -2.10. The van der Waals surface area contributed by atoms with Crippen LogP contribution in [0.25, 0.3) is 5.65 Å². The Bertz CT molecular complexity index is 840. The second-order valence-corrected chi connectivity index (χ2v) is 5.53. The molecule has 1 aromatic carbocycles. The second kappa shape index (κ2) is 6.20. The molecule has 23 heavy (non-hydrogen) atoms. The zero-order valence-electron chi connectivity index (χ0n) is 13.7. The molecule has 0 fully saturated rings. The summed E-state index contributed by atoms with van der Waals surface area (Å²) in [4.78, 5) is 4.63. The molecule has 3 aromatic rings. The van der Waals surface area contributed by atoms with Gasteiger partial charge in [0, 0.05) is 18.8 Å². The standard InChI is InChI=1S/C18H21N3O2/c1-4-23-16-6-5-13(9-17(16)22-3)8-14-11-21-10-12(2)7-15(19)18(21)20-14/h5-7,9-11H,4,8,19H2,1-3H3. The van der Waals surface area contributed by atoms with Gasteiger partial charge in [0.15, 0.2) is 17.1 Å². The Labute approximate surface area is 135 Å². The number of pyridine rings is 1. The van der Waals surface area contributed by atoms with Crippen molar-refractivity contribution in [1.82, 2.24) is 9.38 Å². The summed E-state index contributed by atoms with van der Waals surface area (Å²) in [6.07, 6.45) is 4.76. The zero-order valence-corrected chi connectivity index (χ0v) is 13.7. The van der Waals surface area contributed by atoms with Crippen molar-refractivity contribution in [1.29, 1.82) is 0 Å². The molecule has 0 unspecified atom stereocenters. The van der Waals surface area contributed by atoms with Crippen LogP contribution < -0.4 is 15.2 Å². The fourth-order valence-corrected chi connectivity index (χ4v) is 2.71. The van der Waals surface area contributed by atoms with Gasteiger partial charge in [-0.25, -0.2) is 4.98 Å². The first-order valence-corrected chi connectivity index (χ1v) is 7.64. The van der Waals surface area contributed by atoms with Crippen LogP contribution in [0.15, 0.2) is 36.7 Å². The first kappa shape index (κ1) is 15.2. The van der Waals surface area contributed by atoms with E-state index in [1.165, 1.54) is 0 Å². The van der Waals surface area contributed by atoms with Crippen molar-refractivity contribution in [3.05, 3.63) is 53.5 Å². The summed E-state index contributed by atoms with van der Waals surface area (Å²) in [6, 6.07) is 7.90. The largest absolute Gasteiger partial charge is 0.493 e. The summed E-state index contributed by atoms with van der Waals surface area (Å²) in [5, 5.41) is 0. The highest BCUT2D eigenvalue weighted by Crippen LogP contribution is 2.29. The van der Waals surface area contributed by atoms with Crippen molar-refractivity contribution in [2.45, 2.75) is 20.3 Å². The van der Waals surface area contributed by atoms with Crippen molar-refractivity contribution < 1.29 is 9.47 Å². The number of rotatable bonds is 5. The minimum Gasteiger partial charge on any atom is -0.493 e. The fourth-order valence-electron chi connectivity index (χ4n) is 2.71. The summed E-state index contributed by atoms with van der Waals surface area (Å²) in [7, 11) is 1.65. The Kier molecular flexibility index (Phi) is 4.10. The maximum Gasteiger partial charge on any atom is 0.161 e. The van der Waals surface area contributed by atoms with Crippen molar-refractivity contribution in [3.8, 4) is 11.5 Å². The normalized spacial score (nSPS) is 10.9. The van der Waals surface area contributed by atoms with Gasteiger partial charge in [0.1, 0.15) is 0 Å². The van der Waals surface area contributed by atoms with Crippen molar-refractivity contribution >= 4 is 11.3 Å². The third kappa shape index (κ3) is 3.08. The van der Waals surface area contributed by atoms with E-state index in [4.69, 9.17) is 15.2 Å². The summed E-state index contributed by atoms with van der Waals surface area (Å²) >= 11 is 0. The molecule has 0 radical (unpaired) electrons. The smallest absolute Gasteiger partial charge is 0.161 e. The van der Waals surface area contributed by atoms with Crippen molar-refractivity contribution in [3.63, 3.8) is 0 Å². The van der Waals surface area contributed by atoms with E-state index < -0.39 is 0 Å². The number of nitrogen functional groups attached to an aromatic ring is 1. The molecule has 0 aliphatic heterocycles. The van der Waals surface area contributed by atoms with Crippen LogP contribution in [-0.4, -0.2) is 23.1 Å². The highest BCUT2D eigenvalue weighted by atomic mass is 16.5. The highest BCUT2D eigenvalue weighted by molar-refractivity contribution is 5.65. The van der Waals surface area contributed by atoms with Gasteiger partial charge in [0.25, 0.3) is 0 Å². The Morgan fingerprint density at radius 1 is 1.17 bits per heavy atom. The number of benzene rings is 1. The quantitative estimate of drug-likeness (QED) is 0.786. The van der Waals surface area contributed by atoms with Gasteiger partial charge in [-0.05, 0) is 43.2 Å². The number of methoxy groups -OCH3 is 1. The van der Waals surface area contributed by atoms with Crippen molar-refractivity contribution in [2.75, 3.05) is 19.5 Å². The zero-order chi connectivity index (χ0) is 16.4. The summed E-state index contributed by atoms with van der Waals surface area (Å²) < 4.78 is 12.9. The maximum absolute atomic E-state index is 6.04. The molecular formula is C18H21N3O2. The van der Waals surface area contributed by atoms with E-state index in [1.807, 2.05) is 54.9 Å². The molecule has 0 amide bonds. The van der Waals surface area contributed by atoms with Gasteiger partial charge >= 0.3 is 0 Å². The number of anilines is 1. The Hall–Kier alpha value is -2.69. The molecule has 2 aromatic heterocycles. The van der Waals surface area contributed by atoms with E-state index >= 15 is 0 Å². The molecule has 2 N–H and O–H groups in total. The molecule has 3 rings (SSSR count). The summed E-state index contributed by atoms with van der Waals surface area (Å²) in [6.45, 7) is 4.59. The summed E-state index contributed by atoms with van der Waals surface area (Å²) in [5.41, 5.74) is 10.7. The Balaban J connectivity index is 1.91. The monoisotopic (exact) mass is 311 g/mol. The molecule has 0 aliphatic rings. The maximum atomic E-state index is 6.04. The Morgan fingerprint density at radius 3 is 2.74 bits per heavy atom. The van der Waals surface area contributed by atoms with Crippen LogP contribution in [0.1, 0.15) is 23.7 Å². The van der Waals surface area contributed by atoms with Gasteiger partial charge in [-0.15, -0.1) is 0 Å². The van der Waals surface area contributed by atoms with E-state index in [9.17, 15) is 0 Å². The Morgan fingerprint density at radius 2 is 2.00 bits per heavy atom. The van der Waals surface area contributed by atoms with Crippen LogP contribution in [0.4, 0.5) is 5.69 Å². The molecular weight excluding hydrogens is 290 g/mol. The van der Waals surface area contributed by atoms with Gasteiger partial charge in [0.2, 0.25) is 0 Å². The van der Waals surface area contributed by atoms with Gasteiger partial charge in [-0.2, -0.15) is 0 Å². The first-order valence-electron chi connectivity index (χ1n) is 7.64. The predicted octanol–water partition coefficient (Wildman–Crippen LogP) is 3.22. The SMILES string of the molecule is CCOc1ccc(Cc2cn3cc(C)cc(N)c3n2)cc1OC. The minimum atomic E-state index is 0.612. The molecule has 0 bridgehead atoms. The van der Waals surface area contributed by atoms with Crippen LogP contribution in [0.2, 0.25) is 0 Å². The number of imidazole rings is 1. The van der Waals surface area contributed by atoms with Crippen molar-refractivity contribution in [2.24, 2.45) is 0 Å². The molecule has 5 heteroatoms. The number of hydrogen-bond acceptors (Lipinski definition) is 4. The predicted molar refractivity (Wildman–Crippen MR) is 91.3 cm³/mol. The number of nitrogens with two attached hydrogens (primary N) is 1.